The monoisotopic (exact) mass is 189 g/mol. The Labute approximate surface area is 81.7 Å². The van der Waals surface area contributed by atoms with E-state index in [2.05, 4.69) is 20.8 Å². The molecule has 0 saturated heterocycles. The minimum absolute atomic E-state index is 0. The summed E-state index contributed by atoms with van der Waals surface area (Å²) in [6.07, 6.45) is 0. The number of anilines is 1. The number of halogens is 2. The standard InChI is InChI=1S/C6H6N.Al.2ClH/c7-6-4-2-1-3-5-6;;;/h1-5,7H;;2*1H/q-1;+3;;/p-2. The molecule has 1 rings (SSSR count). The van der Waals surface area contributed by atoms with E-state index in [1.165, 1.54) is 0 Å². The maximum Gasteiger partial charge on any atom is -1.00 e. The van der Waals surface area contributed by atoms with Crippen LogP contribution in [0.1, 0.15) is 0 Å². The van der Waals surface area contributed by atoms with E-state index in [1.54, 1.807) is 0 Å². The second-order valence-corrected chi connectivity index (χ2v) is 1.80. The summed E-state index contributed by atoms with van der Waals surface area (Å²) >= 11 is 2.44. The van der Waals surface area contributed by atoms with Gasteiger partial charge in [0.25, 0.3) is 0 Å². The van der Waals surface area contributed by atoms with E-state index < -0.39 is 0 Å². The van der Waals surface area contributed by atoms with E-state index in [4.69, 9.17) is 0 Å². The van der Waals surface area contributed by atoms with E-state index in [-0.39, 0.29) is 24.8 Å². The zero-order valence-corrected chi connectivity index (χ0v) is 7.89. The Bertz CT molecular complexity index is 157. The molecule has 0 aromatic heterocycles. The summed E-state index contributed by atoms with van der Waals surface area (Å²) in [4.78, 5) is 0. The molecule has 1 nitrogen and oxygen atoms in total. The number of rotatable bonds is 1. The van der Waals surface area contributed by atoms with Crippen LogP contribution in [0.4, 0.5) is 5.69 Å². The number of hydrogen-bond donors (Lipinski definition) is 1. The van der Waals surface area contributed by atoms with E-state index in [1.807, 2.05) is 30.3 Å². The summed E-state index contributed by atoms with van der Waals surface area (Å²) in [6.45, 7) is 0. The molecule has 0 atom stereocenters. The van der Waals surface area contributed by atoms with E-state index in [9.17, 15) is 0 Å². The fourth-order valence-electron chi connectivity index (χ4n) is 0.534. The predicted molar refractivity (Wildman–Crippen MR) is 35.8 cm³/mol. The minimum Gasteiger partial charge on any atom is -1.00 e. The van der Waals surface area contributed by atoms with Gasteiger partial charge >= 0.3 is 56.8 Å². The molecular weight excluding hydrogens is 184 g/mol. The molecule has 1 aromatic carbocycles. The Kier molecular flexibility index (Phi) is 9.25. The van der Waals surface area contributed by atoms with Gasteiger partial charge in [-0.05, 0) is 0 Å². The molecule has 0 saturated carbocycles. The van der Waals surface area contributed by atoms with Crippen LogP contribution in [0.25, 0.3) is 0 Å². The van der Waals surface area contributed by atoms with Crippen LogP contribution in [0.15, 0.2) is 30.3 Å². The third kappa shape index (κ3) is 4.03. The molecule has 0 heterocycles. The van der Waals surface area contributed by atoms with Crippen LogP contribution in [0, 0.1) is 0 Å². The van der Waals surface area contributed by atoms with Crippen LogP contribution in [0.3, 0.4) is 0 Å². The Balaban J connectivity index is 0. The number of nitrogens with one attached hydrogen (secondary N) is 1. The van der Waals surface area contributed by atoms with Gasteiger partial charge in [-0.3, -0.25) is 0 Å². The first-order valence-corrected chi connectivity index (χ1v) is 3.03. The van der Waals surface area contributed by atoms with Crippen LogP contribution < -0.4 is 29.1 Å². The number of para-hydroxylation sites is 1. The van der Waals surface area contributed by atoms with Crippen LogP contribution in [0.5, 0.6) is 0 Å². The zero-order chi connectivity index (χ0) is 5.82. The quantitative estimate of drug-likeness (QED) is 0.438. The molecule has 0 aliphatic heterocycles. The SMILES string of the molecule is [Al+2][NH]c1ccccc1.[Cl-].[Cl-]. The molecule has 4 heteroatoms. The molecule has 0 spiro atoms. The Morgan fingerprint density at radius 3 is 1.80 bits per heavy atom. The fourth-order valence-corrected chi connectivity index (χ4v) is 0.727. The largest absolute Gasteiger partial charge is 1.00 e. The van der Waals surface area contributed by atoms with Crippen molar-refractivity contribution in [2.45, 2.75) is 0 Å². The summed E-state index contributed by atoms with van der Waals surface area (Å²) in [5.74, 6) is 0. The topological polar surface area (TPSA) is 12.0 Å². The van der Waals surface area contributed by atoms with Gasteiger partial charge in [0.15, 0.2) is 0 Å². The molecule has 10 heavy (non-hydrogen) atoms. The van der Waals surface area contributed by atoms with Crippen LogP contribution in [0.2, 0.25) is 0 Å². The molecule has 52 valence electrons. The molecule has 0 unspecified atom stereocenters. The van der Waals surface area contributed by atoms with E-state index in [0.29, 0.717) is 0 Å². The normalized spacial score (nSPS) is 7.00. The van der Waals surface area contributed by atoms with Gasteiger partial charge in [0.05, 0.1) is 0 Å². The van der Waals surface area contributed by atoms with Crippen LogP contribution in [-0.2, 0) is 0 Å². The second-order valence-electron chi connectivity index (χ2n) is 1.51. The van der Waals surface area contributed by atoms with Crippen molar-refractivity contribution in [3.05, 3.63) is 30.3 Å². The third-order valence-electron chi connectivity index (χ3n) is 0.940. The van der Waals surface area contributed by atoms with Crippen molar-refractivity contribution in [1.29, 1.82) is 0 Å². The summed E-state index contributed by atoms with van der Waals surface area (Å²) in [6, 6.07) is 9.99. The van der Waals surface area contributed by atoms with Crippen LogP contribution >= 0.6 is 0 Å². The Morgan fingerprint density at radius 1 is 1.00 bits per heavy atom. The van der Waals surface area contributed by atoms with Gasteiger partial charge < -0.3 is 24.8 Å². The first-order valence-electron chi connectivity index (χ1n) is 2.45. The van der Waals surface area contributed by atoms with Crippen LogP contribution in [-0.4, -0.2) is 16.5 Å². The molecule has 0 amide bonds. The summed E-state index contributed by atoms with van der Waals surface area (Å²) < 4.78 is 2.94. The van der Waals surface area contributed by atoms with Crippen molar-refractivity contribution in [1.82, 2.24) is 0 Å². The number of benzene rings is 1. The summed E-state index contributed by atoms with van der Waals surface area (Å²) in [7, 11) is 0. The molecule has 1 N–H and O–H groups in total. The predicted octanol–water partition coefficient (Wildman–Crippen LogP) is -4.81. The maximum absolute atomic E-state index is 2.94. The first-order chi connectivity index (χ1) is 3.93. The summed E-state index contributed by atoms with van der Waals surface area (Å²) in [5.41, 5.74) is 1.12. The van der Waals surface area contributed by atoms with Gasteiger partial charge in [0.2, 0.25) is 0 Å². The molecule has 0 radical (unpaired) electrons. The average molecular weight is 190 g/mol. The minimum atomic E-state index is 0. The Hall–Kier alpha value is 0.132. The Morgan fingerprint density at radius 2 is 1.50 bits per heavy atom. The van der Waals surface area contributed by atoms with Crippen molar-refractivity contribution in [2.75, 3.05) is 4.30 Å². The fraction of sp³-hybridized carbons (Fsp3) is 0. The zero-order valence-electron chi connectivity index (χ0n) is 5.22. The summed E-state index contributed by atoms with van der Waals surface area (Å²) in [5, 5.41) is 0. The van der Waals surface area contributed by atoms with Crippen molar-refractivity contribution >= 4 is 22.2 Å². The molecule has 0 aliphatic rings. The molecule has 1 aromatic rings. The van der Waals surface area contributed by atoms with Gasteiger partial charge in [0.1, 0.15) is 0 Å². The molecule has 0 bridgehead atoms. The van der Waals surface area contributed by atoms with Crippen molar-refractivity contribution < 1.29 is 24.8 Å². The van der Waals surface area contributed by atoms with Gasteiger partial charge in [-0.25, -0.2) is 0 Å². The third-order valence-corrected chi connectivity index (χ3v) is 1.27. The smallest absolute Gasteiger partial charge is 1.00 e. The van der Waals surface area contributed by atoms with Crippen molar-refractivity contribution in [2.24, 2.45) is 0 Å². The number of hydrogen-bond acceptors (Lipinski definition) is 1. The molecule has 0 aliphatic carbocycles. The van der Waals surface area contributed by atoms with Gasteiger partial charge in [-0.2, -0.15) is 0 Å². The van der Waals surface area contributed by atoms with Gasteiger partial charge in [-0.15, -0.1) is 0 Å². The second kappa shape index (κ2) is 7.24. The maximum atomic E-state index is 2.94. The van der Waals surface area contributed by atoms with E-state index >= 15 is 0 Å². The van der Waals surface area contributed by atoms with Gasteiger partial charge in [-0.1, -0.05) is 0 Å². The van der Waals surface area contributed by atoms with E-state index in [0.717, 1.165) is 5.69 Å². The first kappa shape index (κ1) is 12.8. The molecule has 0 fully saturated rings. The average Bonchev–Trinajstić information content (AvgIpc) is 1.90. The van der Waals surface area contributed by atoms with Crippen molar-refractivity contribution in [3.63, 3.8) is 0 Å². The van der Waals surface area contributed by atoms with Gasteiger partial charge in [0, 0.05) is 0 Å². The van der Waals surface area contributed by atoms with Crippen molar-refractivity contribution in [3.8, 4) is 0 Å². The molecular formula is C6H6AlCl2N.